The molecule has 0 fully saturated rings. The Bertz CT molecular complexity index is 1080. The molecule has 0 atom stereocenters. The fourth-order valence-corrected chi connectivity index (χ4v) is 2.65. The van der Waals surface area contributed by atoms with E-state index in [0.717, 1.165) is 28.8 Å². The Balaban J connectivity index is 1.49. The Kier molecular flexibility index (Phi) is 4.33. The zero-order valence-electron chi connectivity index (χ0n) is 14.8. The number of aryl methyl sites for hydroxylation is 1. The lowest BCUT2D eigenvalue weighted by Gasteiger charge is -2.12. The molecule has 1 aliphatic rings. The zero-order valence-corrected chi connectivity index (χ0v) is 14.8. The van der Waals surface area contributed by atoms with E-state index in [2.05, 4.69) is 5.16 Å². The first-order valence-electron chi connectivity index (χ1n) is 8.44. The highest BCUT2D eigenvalue weighted by Crippen LogP contribution is 2.26. The molecular weight excluding hydrogens is 360 g/mol. The molecule has 7 heteroatoms. The maximum absolute atomic E-state index is 12.1. The molecule has 7 nitrogen and oxygen atoms in total. The average Bonchev–Trinajstić information content (AvgIpc) is 3.31. The van der Waals surface area contributed by atoms with Gasteiger partial charge in [-0.3, -0.25) is 9.59 Å². The summed E-state index contributed by atoms with van der Waals surface area (Å²) in [5, 5.41) is 4.48. The molecule has 28 heavy (non-hydrogen) atoms. The lowest BCUT2D eigenvalue weighted by atomic mass is 10.1. The number of benzene rings is 2. The number of carbonyl (C=O) groups excluding carboxylic acids is 3. The summed E-state index contributed by atoms with van der Waals surface area (Å²) in [7, 11) is 0. The van der Waals surface area contributed by atoms with Gasteiger partial charge in [-0.25, -0.2) is 4.79 Å². The van der Waals surface area contributed by atoms with Gasteiger partial charge in [-0.15, -0.1) is 0 Å². The highest BCUT2D eigenvalue weighted by Gasteiger charge is 2.28. The van der Waals surface area contributed by atoms with E-state index in [-0.39, 0.29) is 5.56 Å². The first kappa shape index (κ1) is 17.4. The van der Waals surface area contributed by atoms with Crippen LogP contribution in [0.15, 0.2) is 71.3 Å². The molecule has 2 heterocycles. The molecule has 138 valence electrons. The summed E-state index contributed by atoms with van der Waals surface area (Å²) in [5.41, 5.74) is 3.62. The number of hydrogen-bond donors (Lipinski definition) is 0. The molecule has 0 saturated carbocycles. The van der Waals surface area contributed by atoms with Crippen LogP contribution in [0.5, 0.6) is 0 Å². The van der Waals surface area contributed by atoms with Gasteiger partial charge in [0.2, 0.25) is 0 Å². The Morgan fingerprint density at radius 3 is 2.18 bits per heavy atom. The largest absolute Gasteiger partial charge is 0.363 e. The van der Waals surface area contributed by atoms with E-state index in [1.165, 1.54) is 12.1 Å². The number of nitrogens with zero attached hydrogens (tertiary/aromatic N) is 2. The summed E-state index contributed by atoms with van der Waals surface area (Å²) in [6.07, 6.45) is 2.07. The standard InChI is InChI=1S/C21H14N2O5/c1-13-2-4-15(5-3-13)18-12-17(22-27-18)14-6-8-16(9-7-14)21(26)28-23-19(24)10-11-20(23)25/h2-12H,1H3. The normalized spacial score (nSPS) is 13.2. The average molecular weight is 374 g/mol. The van der Waals surface area contributed by atoms with Crippen LogP contribution >= 0.6 is 0 Å². The summed E-state index contributed by atoms with van der Waals surface area (Å²) in [6.45, 7) is 2.01. The third-order valence-electron chi connectivity index (χ3n) is 4.21. The van der Waals surface area contributed by atoms with Crippen LogP contribution in [0, 0.1) is 6.92 Å². The summed E-state index contributed by atoms with van der Waals surface area (Å²) in [6, 6.07) is 16.1. The van der Waals surface area contributed by atoms with Crippen molar-refractivity contribution >= 4 is 17.8 Å². The first-order chi connectivity index (χ1) is 13.5. The maximum atomic E-state index is 12.1. The number of hydrogen-bond acceptors (Lipinski definition) is 6. The van der Waals surface area contributed by atoms with Gasteiger partial charge in [0, 0.05) is 29.3 Å². The Morgan fingerprint density at radius 1 is 0.929 bits per heavy atom. The van der Waals surface area contributed by atoms with Gasteiger partial charge in [-0.05, 0) is 19.1 Å². The van der Waals surface area contributed by atoms with E-state index < -0.39 is 17.8 Å². The fraction of sp³-hybridized carbons (Fsp3) is 0.0476. The van der Waals surface area contributed by atoms with Gasteiger partial charge < -0.3 is 9.36 Å². The van der Waals surface area contributed by atoms with Gasteiger partial charge in [0.15, 0.2) is 5.76 Å². The van der Waals surface area contributed by atoms with Crippen molar-refractivity contribution in [2.24, 2.45) is 0 Å². The van der Waals surface area contributed by atoms with E-state index in [9.17, 15) is 14.4 Å². The lowest BCUT2D eigenvalue weighted by molar-refractivity contribution is -0.170. The van der Waals surface area contributed by atoms with Gasteiger partial charge in [0.25, 0.3) is 11.8 Å². The van der Waals surface area contributed by atoms with Crippen molar-refractivity contribution in [1.82, 2.24) is 10.2 Å². The smallest absolute Gasteiger partial charge is 0.356 e. The van der Waals surface area contributed by atoms with Gasteiger partial charge in [0.1, 0.15) is 5.69 Å². The maximum Gasteiger partial charge on any atom is 0.363 e. The number of carbonyl (C=O) groups is 3. The number of aromatic nitrogens is 1. The second-order valence-corrected chi connectivity index (χ2v) is 6.20. The molecule has 1 aliphatic heterocycles. The quantitative estimate of drug-likeness (QED) is 0.651. The Hall–Kier alpha value is -4.00. The molecule has 2 amide bonds. The van der Waals surface area contributed by atoms with Crippen LogP contribution in [-0.2, 0) is 14.4 Å². The van der Waals surface area contributed by atoms with Gasteiger partial charge in [0.05, 0.1) is 5.56 Å². The van der Waals surface area contributed by atoms with Crippen molar-refractivity contribution in [2.45, 2.75) is 6.92 Å². The number of rotatable bonds is 4. The van der Waals surface area contributed by atoms with Crippen LogP contribution in [0.3, 0.4) is 0 Å². The van der Waals surface area contributed by atoms with E-state index in [4.69, 9.17) is 9.36 Å². The molecule has 4 rings (SSSR count). The third kappa shape index (κ3) is 3.33. The van der Waals surface area contributed by atoms with Crippen LogP contribution in [0.25, 0.3) is 22.6 Å². The molecular formula is C21H14N2O5. The first-order valence-corrected chi connectivity index (χ1v) is 8.44. The topological polar surface area (TPSA) is 89.7 Å². The molecule has 0 unspecified atom stereocenters. The Labute approximate surface area is 159 Å². The van der Waals surface area contributed by atoms with Gasteiger partial charge in [-0.2, -0.15) is 0 Å². The summed E-state index contributed by atoms with van der Waals surface area (Å²) >= 11 is 0. The molecule has 0 spiro atoms. The molecule has 3 aromatic rings. The number of amides is 2. The van der Waals surface area contributed by atoms with E-state index >= 15 is 0 Å². The van der Waals surface area contributed by atoms with Crippen molar-refractivity contribution in [3.8, 4) is 22.6 Å². The van der Waals surface area contributed by atoms with Crippen LogP contribution in [0.4, 0.5) is 0 Å². The summed E-state index contributed by atoms with van der Waals surface area (Å²) in [5.74, 6) is -1.56. The SMILES string of the molecule is Cc1ccc(-c2cc(-c3ccc(C(=O)ON4C(=O)C=CC4=O)cc3)no2)cc1. The van der Waals surface area contributed by atoms with Crippen molar-refractivity contribution < 1.29 is 23.7 Å². The van der Waals surface area contributed by atoms with Gasteiger partial charge in [-0.1, -0.05) is 52.2 Å². The summed E-state index contributed by atoms with van der Waals surface area (Å²) < 4.78 is 5.40. The van der Waals surface area contributed by atoms with Crippen LogP contribution in [0.1, 0.15) is 15.9 Å². The minimum atomic E-state index is -0.808. The highest BCUT2D eigenvalue weighted by molar-refractivity contribution is 6.12. The van der Waals surface area contributed by atoms with E-state index in [0.29, 0.717) is 16.5 Å². The predicted molar refractivity (Wildman–Crippen MR) is 98.5 cm³/mol. The van der Waals surface area contributed by atoms with Crippen LogP contribution in [0.2, 0.25) is 0 Å². The number of imide groups is 1. The molecule has 1 aromatic heterocycles. The molecule has 0 N–H and O–H groups in total. The molecule has 0 saturated heterocycles. The van der Waals surface area contributed by atoms with Crippen LogP contribution in [-0.4, -0.2) is 28.0 Å². The third-order valence-corrected chi connectivity index (χ3v) is 4.21. The predicted octanol–water partition coefficient (Wildman–Crippen LogP) is 3.31. The van der Waals surface area contributed by atoms with Crippen molar-refractivity contribution in [1.29, 1.82) is 0 Å². The van der Waals surface area contributed by atoms with Crippen LogP contribution < -0.4 is 0 Å². The van der Waals surface area contributed by atoms with Gasteiger partial charge >= 0.3 is 5.97 Å². The second-order valence-electron chi connectivity index (χ2n) is 6.20. The van der Waals surface area contributed by atoms with E-state index in [1.54, 1.807) is 12.1 Å². The molecule has 2 aromatic carbocycles. The molecule has 0 bridgehead atoms. The van der Waals surface area contributed by atoms with Crippen molar-refractivity contribution in [2.75, 3.05) is 0 Å². The fourth-order valence-electron chi connectivity index (χ4n) is 2.65. The zero-order chi connectivity index (χ0) is 19.7. The Morgan fingerprint density at radius 2 is 1.54 bits per heavy atom. The van der Waals surface area contributed by atoms with Crippen molar-refractivity contribution in [3.05, 3.63) is 77.9 Å². The molecule has 0 aliphatic carbocycles. The summed E-state index contributed by atoms with van der Waals surface area (Å²) in [4.78, 5) is 39.9. The van der Waals surface area contributed by atoms with E-state index in [1.807, 2.05) is 37.3 Å². The number of hydroxylamine groups is 2. The molecule has 0 radical (unpaired) electrons. The monoisotopic (exact) mass is 374 g/mol. The lowest BCUT2D eigenvalue weighted by Crippen LogP contribution is -2.32. The minimum Gasteiger partial charge on any atom is -0.356 e. The second kappa shape index (κ2) is 6.96. The van der Waals surface area contributed by atoms with Crippen molar-refractivity contribution in [3.63, 3.8) is 0 Å². The highest BCUT2D eigenvalue weighted by atomic mass is 16.7. The minimum absolute atomic E-state index is 0.193.